The summed E-state index contributed by atoms with van der Waals surface area (Å²) in [6, 6.07) is 6.14. The number of pyridine rings is 1. The van der Waals surface area contributed by atoms with Crippen LogP contribution in [0.3, 0.4) is 0 Å². The average Bonchev–Trinajstić information content (AvgIpc) is 2.24. The Morgan fingerprint density at radius 2 is 2.06 bits per heavy atom. The van der Waals surface area contributed by atoms with Crippen molar-refractivity contribution in [3.05, 3.63) is 45.9 Å². The fourth-order valence-corrected chi connectivity index (χ4v) is 2.02. The number of nitrogen functional groups attached to an aromatic ring is 1. The van der Waals surface area contributed by atoms with E-state index in [4.69, 9.17) is 17.3 Å². The van der Waals surface area contributed by atoms with Gasteiger partial charge in [-0.1, -0.05) is 17.7 Å². The van der Waals surface area contributed by atoms with Gasteiger partial charge in [0.1, 0.15) is 10.4 Å². The molecule has 0 aliphatic heterocycles. The molecule has 2 N–H and O–H groups in total. The van der Waals surface area contributed by atoms with Crippen molar-refractivity contribution >= 4 is 33.2 Å². The van der Waals surface area contributed by atoms with E-state index >= 15 is 0 Å². The fraction of sp³-hybridized carbons (Fsp3) is 0. The highest BCUT2D eigenvalue weighted by Crippen LogP contribution is 2.36. The molecule has 0 fully saturated rings. The van der Waals surface area contributed by atoms with Gasteiger partial charge in [0, 0.05) is 17.3 Å². The van der Waals surface area contributed by atoms with Gasteiger partial charge >= 0.3 is 0 Å². The topological polar surface area (TPSA) is 38.9 Å². The molecule has 0 aliphatic carbocycles. The summed E-state index contributed by atoms with van der Waals surface area (Å²) in [5.41, 5.74) is 7.02. The summed E-state index contributed by atoms with van der Waals surface area (Å²) in [6.45, 7) is 0. The maximum atomic E-state index is 13.7. The Balaban J connectivity index is 2.73. The predicted octanol–water partition coefficient (Wildman–Crippen LogP) is 3.89. The predicted molar refractivity (Wildman–Crippen MR) is 66.8 cm³/mol. The molecule has 0 saturated heterocycles. The first-order valence-electron chi connectivity index (χ1n) is 4.45. The number of anilines is 1. The van der Waals surface area contributed by atoms with E-state index < -0.39 is 5.82 Å². The first kappa shape index (κ1) is 11.4. The zero-order valence-corrected chi connectivity index (χ0v) is 10.4. The molecule has 1 aromatic heterocycles. The van der Waals surface area contributed by atoms with E-state index in [0.29, 0.717) is 26.4 Å². The minimum Gasteiger partial charge on any atom is -0.396 e. The van der Waals surface area contributed by atoms with Crippen LogP contribution in [0.1, 0.15) is 0 Å². The van der Waals surface area contributed by atoms with E-state index in [1.54, 1.807) is 24.4 Å². The average molecular weight is 302 g/mol. The lowest BCUT2D eigenvalue weighted by molar-refractivity contribution is 0.631. The van der Waals surface area contributed by atoms with Crippen molar-refractivity contribution in [1.82, 2.24) is 4.98 Å². The Kier molecular flexibility index (Phi) is 3.12. The molecule has 2 aromatic rings. The molecule has 1 heterocycles. The highest BCUT2D eigenvalue weighted by atomic mass is 79.9. The third-order valence-electron chi connectivity index (χ3n) is 2.17. The van der Waals surface area contributed by atoms with Gasteiger partial charge in [-0.3, -0.25) is 0 Å². The molecule has 0 aliphatic rings. The van der Waals surface area contributed by atoms with Crippen molar-refractivity contribution in [3.63, 3.8) is 0 Å². The fourth-order valence-electron chi connectivity index (χ4n) is 1.42. The second-order valence-corrected chi connectivity index (χ2v) is 4.32. The molecular weight excluding hydrogens is 294 g/mol. The van der Waals surface area contributed by atoms with Gasteiger partial charge in [-0.2, -0.15) is 0 Å². The molecule has 0 saturated carbocycles. The molecule has 2 nitrogen and oxygen atoms in total. The summed E-state index contributed by atoms with van der Waals surface area (Å²) in [5, 5.41) is 0.324. The van der Waals surface area contributed by atoms with E-state index in [-0.39, 0.29) is 0 Å². The zero-order valence-electron chi connectivity index (χ0n) is 8.05. The van der Waals surface area contributed by atoms with Crippen molar-refractivity contribution in [3.8, 4) is 11.1 Å². The maximum absolute atomic E-state index is 13.7. The number of nitrogens with zero attached hydrogens (tertiary/aromatic N) is 1. The summed E-state index contributed by atoms with van der Waals surface area (Å²) in [6.07, 6.45) is 1.54. The van der Waals surface area contributed by atoms with Gasteiger partial charge in [-0.05, 0) is 34.1 Å². The van der Waals surface area contributed by atoms with Crippen LogP contribution in [0.2, 0.25) is 5.02 Å². The molecule has 0 radical (unpaired) electrons. The van der Waals surface area contributed by atoms with Crippen molar-refractivity contribution in [1.29, 1.82) is 0 Å². The Bertz CT molecular complexity index is 525. The van der Waals surface area contributed by atoms with Gasteiger partial charge in [0.2, 0.25) is 0 Å². The van der Waals surface area contributed by atoms with Crippen molar-refractivity contribution in [2.24, 2.45) is 0 Å². The number of benzene rings is 1. The van der Waals surface area contributed by atoms with E-state index in [0.717, 1.165) is 0 Å². The number of rotatable bonds is 1. The molecule has 0 amide bonds. The van der Waals surface area contributed by atoms with Crippen LogP contribution < -0.4 is 5.73 Å². The Morgan fingerprint density at radius 1 is 1.31 bits per heavy atom. The Morgan fingerprint density at radius 3 is 2.75 bits per heavy atom. The molecule has 0 unspecified atom stereocenters. The summed E-state index contributed by atoms with van der Waals surface area (Å²) in [5.74, 6) is -0.405. The highest BCUT2D eigenvalue weighted by molar-refractivity contribution is 9.10. The van der Waals surface area contributed by atoms with Gasteiger partial charge in [-0.15, -0.1) is 0 Å². The second kappa shape index (κ2) is 4.39. The minimum atomic E-state index is -0.405. The summed E-state index contributed by atoms with van der Waals surface area (Å²) in [7, 11) is 0. The lowest BCUT2D eigenvalue weighted by atomic mass is 10.1. The van der Waals surface area contributed by atoms with E-state index in [2.05, 4.69) is 20.9 Å². The SMILES string of the molecule is Nc1c(-c2c(F)cccc2Cl)ccnc1Br. The standard InChI is InChI=1S/C11H7BrClFN2/c12-11-10(15)6(4-5-16-11)9-7(13)2-1-3-8(9)14/h1-5H,15H2. The van der Waals surface area contributed by atoms with E-state index in [1.165, 1.54) is 6.07 Å². The van der Waals surface area contributed by atoms with Crippen LogP contribution in [-0.2, 0) is 0 Å². The minimum absolute atomic E-state index is 0.296. The van der Waals surface area contributed by atoms with Crippen LogP contribution in [0.4, 0.5) is 10.1 Å². The first-order chi connectivity index (χ1) is 7.61. The largest absolute Gasteiger partial charge is 0.396 e. The molecule has 16 heavy (non-hydrogen) atoms. The third-order valence-corrected chi connectivity index (χ3v) is 3.12. The van der Waals surface area contributed by atoms with Gasteiger partial charge in [0.05, 0.1) is 10.7 Å². The van der Waals surface area contributed by atoms with Crippen LogP contribution in [0.5, 0.6) is 0 Å². The maximum Gasteiger partial charge on any atom is 0.132 e. The van der Waals surface area contributed by atoms with Gasteiger partial charge in [-0.25, -0.2) is 9.37 Å². The van der Waals surface area contributed by atoms with Crippen molar-refractivity contribution in [2.75, 3.05) is 5.73 Å². The van der Waals surface area contributed by atoms with Gasteiger partial charge < -0.3 is 5.73 Å². The molecule has 0 spiro atoms. The van der Waals surface area contributed by atoms with Crippen LogP contribution >= 0.6 is 27.5 Å². The van der Waals surface area contributed by atoms with Gasteiger partial charge in [0.25, 0.3) is 0 Å². The quantitative estimate of drug-likeness (QED) is 0.812. The summed E-state index contributed by atoms with van der Waals surface area (Å²) < 4.78 is 14.1. The van der Waals surface area contributed by atoms with Crippen LogP contribution in [-0.4, -0.2) is 4.98 Å². The van der Waals surface area contributed by atoms with E-state index in [1.807, 2.05) is 0 Å². The number of nitrogens with two attached hydrogens (primary N) is 1. The van der Waals surface area contributed by atoms with Crippen molar-refractivity contribution < 1.29 is 4.39 Å². The Labute approximate surface area is 105 Å². The molecule has 5 heteroatoms. The van der Waals surface area contributed by atoms with Gasteiger partial charge in [0.15, 0.2) is 0 Å². The zero-order chi connectivity index (χ0) is 11.7. The van der Waals surface area contributed by atoms with E-state index in [9.17, 15) is 4.39 Å². The molecule has 1 aromatic carbocycles. The summed E-state index contributed by atoms with van der Waals surface area (Å²) >= 11 is 9.15. The Hall–Kier alpha value is -1.13. The second-order valence-electron chi connectivity index (χ2n) is 3.16. The van der Waals surface area contributed by atoms with Crippen molar-refractivity contribution in [2.45, 2.75) is 0 Å². The molecule has 2 rings (SSSR count). The lowest BCUT2D eigenvalue weighted by Gasteiger charge is -2.09. The van der Waals surface area contributed by atoms with Crippen LogP contribution in [0.15, 0.2) is 35.1 Å². The number of halogens is 3. The first-order valence-corrected chi connectivity index (χ1v) is 5.62. The molecule has 82 valence electrons. The monoisotopic (exact) mass is 300 g/mol. The number of hydrogen-bond donors (Lipinski definition) is 1. The highest BCUT2D eigenvalue weighted by Gasteiger charge is 2.13. The van der Waals surface area contributed by atoms with Crippen LogP contribution in [0, 0.1) is 5.82 Å². The molecular formula is C11H7BrClFN2. The van der Waals surface area contributed by atoms with Crippen LogP contribution in [0.25, 0.3) is 11.1 Å². The number of hydrogen-bond acceptors (Lipinski definition) is 2. The normalized spacial score (nSPS) is 10.4. The molecule has 0 bridgehead atoms. The molecule has 0 atom stereocenters. The number of aromatic nitrogens is 1. The lowest BCUT2D eigenvalue weighted by Crippen LogP contribution is -1.95. The third kappa shape index (κ3) is 1.90. The summed E-state index contributed by atoms with van der Waals surface area (Å²) in [4.78, 5) is 3.95. The smallest absolute Gasteiger partial charge is 0.132 e.